The van der Waals surface area contributed by atoms with Crippen LogP contribution in [-0.4, -0.2) is 22.3 Å². The third-order valence-electron chi connectivity index (χ3n) is 4.20. The quantitative estimate of drug-likeness (QED) is 0.733. The number of benzene rings is 1. The van der Waals surface area contributed by atoms with Crippen molar-refractivity contribution in [3.63, 3.8) is 0 Å². The second-order valence-corrected chi connectivity index (χ2v) is 7.70. The van der Waals surface area contributed by atoms with E-state index in [0.717, 1.165) is 28.6 Å². The zero-order valence-corrected chi connectivity index (χ0v) is 14.9. The number of aromatic nitrogens is 2. The average molecular weight is 359 g/mol. The lowest BCUT2D eigenvalue weighted by atomic mass is 10.3. The van der Waals surface area contributed by atoms with E-state index in [1.165, 1.54) is 12.8 Å². The number of rotatable bonds is 8. The van der Waals surface area contributed by atoms with Crippen molar-refractivity contribution >= 4 is 17.2 Å². The molecule has 25 heavy (non-hydrogen) atoms. The summed E-state index contributed by atoms with van der Waals surface area (Å²) in [4.78, 5) is 11.7. The number of amides is 1. The Morgan fingerprint density at radius 1 is 1.20 bits per heavy atom. The smallest absolute Gasteiger partial charge is 0.225 e. The first kappa shape index (κ1) is 16.3. The number of hydrogen-bond acceptors (Lipinski definition) is 6. The van der Waals surface area contributed by atoms with Gasteiger partial charge in [-0.05, 0) is 56.9 Å². The van der Waals surface area contributed by atoms with Crippen molar-refractivity contribution in [3.05, 3.63) is 34.3 Å². The van der Waals surface area contributed by atoms with Crippen molar-refractivity contribution in [3.8, 4) is 11.5 Å². The lowest BCUT2D eigenvalue weighted by molar-refractivity contribution is -0.124. The van der Waals surface area contributed by atoms with Gasteiger partial charge in [-0.1, -0.05) is 11.3 Å². The number of carbonyl (C=O) groups excluding carboxylic acids is 1. The van der Waals surface area contributed by atoms with Gasteiger partial charge in [0.05, 0.1) is 0 Å². The normalized spacial score (nSPS) is 17.8. The third kappa shape index (κ3) is 4.48. The predicted molar refractivity (Wildman–Crippen MR) is 93.6 cm³/mol. The molecule has 2 aliphatic rings. The van der Waals surface area contributed by atoms with E-state index < -0.39 is 0 Å². The minimum atomic E-state index is -0.345. The number of carbonyl (C=O) groups is 1. The molecule has 132 valence electrons. The van der Waals surface area contributed by atoms with Crippen molar-refractivity contribution in [1.82, 2.24) is 15.5 Å². The summed E-state index contributed by atoms with van der Waals surface area (Å²) in [7, 11) is 0. The third-order valence-corrected chi connectivity index (χ3v) is 5.26. The second-order valence-electron chi connectivity index (χ2n) is 6.61. The van der Waals surface area contributed by atoms with Crippen LogP contribution in [0.2, 0.25) is 0 Å². The molecule has 2 saturated carbocycles. The molecule has 1 aromatic heterocycles. The van der Waals surface area contributed by atoms with Gasteiger partial charge in [0.2, 0.25) is 5.91 Å². The van der Waals surface area contributed by atoms with Crippen LogP contribution in [0.15, 0.2) is 24.3 Å². The lowest BCUT2D eigenvalue weighted by Crippen LogP contribution is -2.37. The molecule has 0 radical (unpaired) electrons. The molecule has 1 heterocycles. The first-order valence-electron chi connectivity index (χ1n) is 8.69. The molecule has 0 spiro atoms. The zero-order chi connectivity index (χ0) is 17.2. The van der Waals surface area contributed by atoms with Crippen LogP contribution in [0.25, 0.3) is 0 Å². The van der Waals surface area contributed by atoms with Crippen LogP contribution in [0.1, 0.15) is 48.5 Å². The highest BCUT2D eigenvalue weighted by Crippen LogP contribution is 2.41. The fourth-order valence-electron chi connectivity index (χ4n) is 2.48. The zero-order valence-electron chi connectivity index (χ0n) is 14.1. The van der Waals surface area contributed by atoms with Crippen LogP contribution in [-0.2, 0) is 11.4 Å². The first-order valence-corrected chi connectivity index (χ1v) is 9.51. The lowest BCUT2D eigenvalue weighted by Gasteiger charge is -2.16. The molecule has 2 aliphatic carbocycles. The molecular formula is C18H21N3O3S. The van der Waals surface area contributed by atoms with Crippen LogP contribution >= 0.6 is 11.3 Å². The van der Waals surface area contributed by atoms with Crippen LogP contribution in [0, 0.1) is 5.92 Å². The number of hydrogen-bond donors (Lipinski definition) is 1. The van der Waals surface area contributed by atoms with Gasteiger partial charge in [0.1, 0.15) is 23.1 Å². The summed E-state index contributed by atoms with van der Waals surface area (Å²) in [5, 5.41) is 13.3. The Labute approximate surface area is 150 Å². The van der Waals surface area contributed by atoms with Crippen LogP contribution in [0.3, 0.4) is 0 Å². The van der Waals surface area contributed by atoms with Gasteiger partial charge < -0.3 is 14.8 Å². The molecule has 6 nitrogen and oxygen atoms in total. The number of nitrogens with one attached hydrogen (secondary N) is 1. The van der Waals surface area contributed by atoms with Gasteiger partial charge in [0.15, 0.2) is 11.2 Å². The van der Waals surface area contributed by atoms with Crippen LogP contribution < -0.4 is 14.8 Å². The van der Waals surface area contributed by atoms with Crippen molar-refractivity contribution in [2.45, 2.75) is 51.4 Å². The summed E-state index contributed by atoms with van der Waals surface area (Å²) in [6.45, 7) is 2.26. The highest BCUT2D eigenvalue weighted by atomic mass is 32.1. The van der Waals surface area contributed by atoms with Gasteiger partial charge in [0.25, 0.3) is 0 Å². The van der Waals surface area contributed by atoms with Crippen LogP contribution in [0.5, 0.6) is 11.5 Å². The summed E-state index contributed by atoms with van der Waals surface area (Å²) in [5.74, 6) is 2.34. The van der Waals surface area contributed by atoms with E-state index in [0.29, 0.717) is 18.3 Å². The highest BCUT2D eigenvalue weighted by molar-refractivity contribution is 7.11. The monoisotopic (exact) mass is 359 g/mol. The highest BCUT2D eigenvalue weighted by Gasteiger charge is 2.30. The molecule has 0 saturated heterocycles. The van der Waals surface area contributed by atoms with E-state index in [1.54, 1.807) is 11.3 Å². The molecule has 4 rings (SSSR count). The predicted octanol–water partition coefficient (Wildman–Crippen LogP) is 3.25. The van der Waals surface area contributed by atoms with Gasteiger partial charge >= 0.3 is 0 Å². The van der Waals surface area contributed by atoms with Crippen molar-refractivity contribution < 1.29 is 14.3 Å². The molecule has 1 amide bonds. The van der Waals surface area contributed by atoms with E-state index >= 15 is 0 Å². The summed E-state index contributed by atoms with van der Waals surface area (Å²) < 4.78 is 11.5. The summed E-state index contributed by atoms with van der Waals surface area (Å²) >= 11 is 1.64. The molecule has 1 N–H and O–H groups in total. The van der Waals surface area contributed by atoms with Crippen molar-refractivity contribution in [2.24, 2.45) is 5.92 Å². The van der Waals surface area contributed by atoms with E-state index in [2.05, 4.69) is 15.5 Å². The molecule has 0 bridgehead atoms. The van der Waals surface area contributed by atoms with Crippen LogP contribution in [0.4, 0.5) is 0 Å². The van der Waals surface area contributed by atoms with E-state index in [1.807, 2.05) is 31.2 Å². The SMILES string of the molecule is CC(NC(=O)C1CC1)Oc1ccc(OCc2nnc(C3CC3)s2)cc1. The first-order chi connectivity index (χ1) is 12.2. The average Bonchev–Trinajstić information content (AvgIpc) is 3.52. The Bertz CT molecular complexity index is 738. The Morgan fingerprint density at radius 2 is 1.92 bits per heavy atom. The summed E-state index contributed by atoms with van der Waals surface area (Å²) in [6, 6.07) is 7.39. The van der Waals surface area contributed by atoms with Crippen molar-refractivity contribution in [1.29, 1.82) is 0 Å². The van der Waals surface area contributed by atoms with Gasteiger partial charge in [0, 0.05) is 11.8 Å². The molecule has 7 heteroatoms. The second kappa shape index (κ2) is 7.00. The largest absolute Gasteiger partial charge is 0.486 e. The van der Waals surface area contributed by atoms with E-state index in [-0.39, 0.29) is 18.1 Å². The Balaban J connectivity index is 1.25. The standard InChI is InChI=1S/C18H21N3O3S/c1-11(19-17(22)12-2-3-12)24-15-8-6-14(7-9-15)23-10-16-20-21-18(25-16)13-4-5-13/h6-9,11-13H,2-5,10H2,1H3,(H,19,22). The number of ether oxygens (including phenoxy) is 2. The molecule has 1 atom stereocenters. The fourth-order valence-corrected chi connectivity index (χ4v) is 3.40. The molecule has 2 aromatic rings. The van der Waals surface area contributed by atoms with E-state index in [9.17, 15) is 4.79 Å². The van der Waals surface area contributed by atoms with Gasteiger partial charge in [-0.15, -0.1) is 10.2 Å². The molecule has 2 fully saturated rings. The van der Waals surface area contributed by atoms with Gasteiger partial charge in [-0.25, -0.2) is 0 Å². The molecule has 1 unspecified atom stereocenters. The maximum Gasteiger partial charge on any atom is 0.225 e. The summed E-state index contributed by atoms with van der Waals surface area (Å²) in [5.41, 5.74) is 0. The Hall–Kier alpha value is -2.15. The number of nitrogens with zero attached hydrogens (tertiary/aromatic N) is 2. The maximum atomic E-state index is 11.7. The van der Waals surface area contributed by atoms with E-state index in [4.69, 9.17) is 9.47 Å². The Kier molecular flexibility index (Phi) is 4.57. The van der Waals surface area contributed by atoms with Crippen molar-refractivity contribution in [2.75, 3.05) is 0 Å². The maximum absolute atomic E-state index is 11.7. The Morgan fingerprint density at radius 3 is 2.60 bits per heavy atom. The van der Waals surface area contributed by atoms with Gasteiger partial charge in [-0.2, -0.15) is 0 Å². The minimum absolute atomic E-state index is 0.0788. The topological polar surface area (TPSA) is 73.3 Å². The molecular weight excluding hydrogens is 338 g/mol. The summed E-state index contributed by atoms with van der Waals surface area (Å²) in [6.07, 6.45) is 4.09. The molecule has 0 aliphatic heterocycles. The fraction of sp³-hybridized carbons (Fsp3) is 0.500. The minimum Gasteiger partial charge on any atom is -0.486 e. The van der Waals surface area contributed by atoms with Gasteiger partial charge in [-0.3, -0.25) is 4.79 Å². The molecule has 1 aromatic carbocycles.